The minimum atomic E-state index is -0.746. The summed E-state index contributed by atoms with van der Waals surface area (Å²) >= 11 is 12.5. The summed E-state index contributed by atoms with van der Waals surface area (Å²) in [5.41, 5.74) is 1.74. The molecule has 2 aliphatic rings. The lowest BCUT2D eigenvalue weighted by Crippen LogP contribution is -2.43. The van der Waals surface area contributed by atoms with Crippen LogP contribution in [-0.4, -0.2) is 47.5 Å². The summed E-state index contributed by atoms with van der Waals surface area (Å²) < 4.78 is 11.3. The molecule has 1 heterocycles. The molecule has 1 saturated heterocycles. The SMILES string of the molecule is COc1ccc(C(CC2CCN(C(=O)OC(C)(C)C)CC2)C2(O)CCCCC2)cc1-c1ccc(Cl)c(Cl)c1. The number of rotatable bonds is 6. The number of carbonyl (C=O) groups is 1. The molecule has 4 rings (SSSR count). The second-order valence-electron chi connectivity index (χ2n) is 12.0. The number of ether oxygens (including phenoxy) is 2. The Bertz CT molecular complexity index is 1120. The van der Waals surface area contributed by atoms with Gasteiger partial charge in [-0.3, -0.25) is 0 Å². The molecule has 2 aromatic carbocycles. The molecular formula is C31H41Cl2NO4. The molecule has 1 amide bonds. The predicted molar refractivity (Wildman–Crippen MR) is 154 cm³/mol. The van der Waals surface area contributed by atoms with E-state index in [0.717, 1.165) is 67.4 Å². The third-order valence-corrected chi connectivity index (χ3v) is 8.80. The Morgan fingerprint density at radius 2 is 1.74 bits per heavy atom. The lowest BCUT2D eigenvalue weighted by Gasteiger charge is -2.42. The van der Waals surface area contributed by atoms with Gasteiger partial charge in [0.25, 0.3) is 0 Å². The van der Waals surface area contributed by atoms with Gasteiger partial charge in [-0.05, 0) is 94.2 Å². The second kappa shape index (κ2) is 12.1. The molecular weight excluding hydrogens is 521 g/mol. The van der Waals surface area contributed by atoms with Gasteiger partial charge < -0.3 is 19.5 Å². The highest BCUT2D eigenvalue weighted by atomic mass is 35.5. The van der Waals surface area contributed by atoms with E-state index in [2.05, 4.69) is 12.1 Å². The van der Waals surface area contributed by atoms with Crippen LogP contribution in [0.15, 0.2) is 36.4 Å². The van der Waals surface area contributed by atoms with Crippen LogP contribution < -0.4 is 4.74 Å². The molecule has 7 heteroatoms. The molecule has 0 aromatic heterocycles. The molecule has 1 aliphatic carbocycles. The van der Waals surface area contributed by atoms with E-state index in [4.69, 9.17) is 32.7 Å². The van der Waals surface area contributed by atoms with Crippen LogP contribution in [0.3, 0.4) is 0 Å². The Morgan fingerprint density at radius 1 is 1.05 bits per heavy atom. The normalized spacial score (nSPS) is 19.2. The van der Waals surface area contributed by atoms with Gasteiger partial charge in [-0.15, -0.1) is 0 Å². The fourth-order valence-electron chi connectivity index (χ4n) is 6.02. The minimum absolute atomic E-state index is 0.00620. The van der Waals surface area contributed by atoms with Crippen molar-refractivity contribution in [3.8, 4) is 16.9 Å². The standard InChI is InChI=1S/C31H41Cl2NO4/c1-30(2,3)38-29(35)34-16-12-21(13-17-34)18-25(31(36)14-6-5-7-15-31)23-9-11-28(37-4)24(19-23)22-8-10-26(32)27(33)20-22/h8-11,19-21,25,36H,5-7,12-18H2,1-4H3. The highest BCUT2D eigenvalue weighted by Gasteiger charge is 2.41. The number of hydrogen-bond donors (Lipinski definition) is 1. The van der Waals surface area contributed by atoms with Crippen molar-refractivity contribution >= 4 is 29.3 Å². The average molecular weight is 563 g/mol. The summed E-state index contributed by atoms with van der Waals surface area (Å²) in [4.78, 5) is 14.4. The van der Waals surface area contributed by atoms with Gasteiger partial charge in [0.1, 0.15) is 11.4 Å². The van der Waals surface area contributed by atoms with E-state index in [1.54, 1.807) is 13.2 Å². The van der Waals surface area contributed by atoms with Gasteiger partial charge in [0, 0.05) is 24.6 Å². The topological polar surface area (TPSA) is 59.0 Å². The fourth-order valence-corrected chi connectivity index (χ4v) is 6.32. The van der Waals surface area contributed by atoms with Crippen LogP contribution in [0.4, 0.5) is 4.79 Å². The number of amides is 1. The van der Waals surface area contributed by atoms with Crippen LogP contribution in [0, 0.1) is 5.92 Å². The summed E-state index contributed by atoms with van der Waals surface area (Å²) in [5, 5.41) is 13.0. The van der Waals surface area contributed by atoms with E-state index in [1.807, 2.05) is 43.9 Å². The highest BCUT2D eigenvalue weighted by molar-refractivity contribution is 6.42. The van der Waals surface area contributed by atoms with Gasteiger partial charge in [0.2, 0.25) is 0 Å². The van der Waals surface area contributed by atoms with Crippen LogP contribution >= 0.6 is 23.2 Å². The zero-order chi connectivity index (χ0) is 27.5. The van der Waals surface area contributed by atoms with Crippen molar-refractivity contribution in [3.63, 3.8) is 0 Å². The van der Waals surface area contributed by atoms with E-state index < -0.39 is 11.2 Å². The van der Waals surface area contributed by atoms with E-state index in [9.17, 15) is 9.90 Å². The number of benzene rings is 2. The number of methoxy groups -OCH3 is 1. The molecule has 1 unspecified atom stereocenters. The Balaban J connectivity index is 1.59. The van der Waals surface area contributed by atoms with Crippen molar-refractivity contribution in [2.45, 2.75) is 89.3 Å². The van der Waals surface area contributed by atoms with Gasteiger partial charge in [-0.2, -0.15) is 0 Å². The predicted octanol–water partition coefficient (Wildman–Crippen LogP) is 8.49. The highest BCUT2D eigenvalue weighted by Crippen LogP contribution is 2.46. The van der Waals surface area contributed by atoms with E-state index >= 15 is 0 Å². The first-order valence-electron chi connectivity index (χ1n) is 13.8. The third-order valence-electron chi connectivity index (χ3n) is 8.06. The van der Waals surface area contributed by atoms with Gasteiger partial charge in [0.15, 0.2) is 0 Å². The summed E-state index contributed by atoms with van der Waals surface area (Å²) in [6.07, 6.45) is 7.32. The lowest BCUT2D eigenvalue weighted by atomic mass is 9.68. The van der Waals surface area contributed by atoms with E-state index in [-0.39, 0.29) is 12.0 Å². The third kappa shape index (κ3) is 6.97. The Morgan fingerprint density at radius 3 is 2.34 bits per heavy atom. The van der Waals surface area contributed by atoms with Gasteiger partial charge in [0.05, 0.1) is 22.8 Å². The maximum absolute atomic E-state index is 12.6. The number of piperidine rings is 1. The maximum Gasteiger partial charge on any atom is 0.410 e. The van der Waals surface area contributed by atoms with E-state index in [1.165, 1.54) is 6.42 Å². The monoisotopic (exact) mass is 561 g/mol. The lowest BCUT2D eigenvalue weighted by molar-refractivity contribution is -0.0316. The van der Waals surface area contributed by atoms with Crippen molar-refractivity contribution in [2.24, 2.45) is 5.92 Å². The zero-order valence-corrected chi connectivity index (χ0v) is 24.6. The average Bonchev–Trinajstić information content (AvgIpc) is 2.88. The van der Waals surface area contributed by atoms with Crippen LogP contribution in [0.5, 0.6) is 5.75 Å². The summed E-state index contributed by atoms with van der Waals surface area (Å²) in [6, 6.07) is 11.9. The smallest absolute Gasteiger partial charge is 0.410 e. The second-order valence-corrected chi connectivity index (χ2v) is 12.8. The molecule has 5 nitrogen and oxygen atoms in total. The number of aliphatic hydroxyl groups is 1. The van der Waals surface area contributed by atoms with Crippen LogP contribution in [0.1, 0.15) is 83.6 Å². The Kier molecular flexibility index (Phi) is 9.22. The van der Waals surface area contributed by atoms with Gasteiger partial charge in [-0.1, -0.05) is 54.6 Å². The van der Waals surface area contributed by atoms with Crippen LogP contribution in [0.2, 0.25) is 10.0 Å². The molecule has 208 valence electrons. The van der Waals surface area contributed by atoms with Crippen molar-refractivity contribution < 1.29 is 19.4 Å². The maximum atomic E-state index is 12.6. The van der Waals surface area contributed by atoms with Crippen molar-refractivity contribution in [3.05, 3.63) is 52.0 Å². The number of halogens is 2. The number of nitrogens with zero attached hydrogens (tertiary/aromatic N) is 1. The first-order valence-corrected chi connectivity index (χ1v) is 14.6. The molecule has 1 N–H and O–H groups in total. The molecule has 0 radical (unpaired) electrons. The summed E-state index contributed by atoms with van der Waals surface area (Å²) in [6.45, 7) is 7.06. The van der Waals surface area contributed by atoms with Gasteiger partial charge >= 0.3 is 6.09 Å². The molecule has 0 spiro atoms. The Labute approximate surface area is 237 Å². The number of likely N-dealkylation sites (tertiary alicyclic amines) is 1. The fraction of sp³-hybridized carbons (Fsp3) is 0.581. The molecule has 0 bridgehead atoms. The molecule has 2 aromatic rings. The molecule has 1 atom stereocenters. The van der Waals surface area contributed by atoms with Crippen LogP contribution in [0.25, 0.3) is 11.1 Å². The summed E-state index contributed by atoms with van der Waals surface area (Å²) in [7, 11) is 1.67. The van der Waals surface area contributed by atoms with E-state index in [0.29, 0.717) is 29.1 Å². The van der Waals surface area contributed by atoms with Crippen LogP contribution in [-0.2, 0) is 4.74 Å². The quantitative estimate of drug-likeness (QED) is 0.384. The molecule has 1 aliphatic heterocycles. The van der Waals surface area contributed by atoms with Gasteiger partial charge in [-0.25, -0.2) is 4.79 Å². The first-order chi connectivity index (χ1) is 18.0. The molecule has 1 saturated carbocycles. The molecule has 2 fully saturated rings. The summed E-state index contributed by atoms with van der Waals surface area (Å²) in [5.74, 6) is 1.17. The molecule has 38 heavy (non-hydrogen) atoms. The number of carbonyl (C=O) groups excluding carboxylic acids is 1. The first kappa shape index (κ1) is 29.0. The van der Waals surface area contributed by atoms with Crippen molar-refractivity contribution in [2.75, 3.05) is 20.2 Å². The number of hydrogen-bond acceptors (Lipinski definition) is 4. The van der Waals surface area contributed by atoms with Crippen molar-refractivity contribution in [1.29, 1.82) is 0 Å². The largest absolute Gasteiger partial charge is 0.496 e. The Hall–Kier alpha value is -1.95. The zero-order valence-electron chi connectivity index (χ0n) is 23.1. The van der Waals surface area contributed by atoms with Crippen molar-refractivity contribution in [1.82, 2.24) is 4.90 Å². The minimum Gasteiger partial charge on any atom is -0.496 e.